The van der Waals surface area contributed by atoms with Gasteiger partial charge >= 0.3 is 5.97 Å². The van der Waals surface area contributed by atoms with Gasteiger partial charge in [0, 0.05) is 6.08 Å². The summed E-state index contributed by atoms with van der Waals surface area (Å²) in [4.78, 5) is 9.25. The highest BCUT2D eigenvalue weighted by Crippen LogP contribution is 1.98. The number of rotatable bonds is 4. The van der Waals surface area contributed by atoms with E-state index in [1.807, 2.05) is 0 Å². The summed E-state index contributed by atoms with van der Waals surface area (Å²) in [6, 6.07) is 0. The molecular weight excluding hydrogens is 224 g/mol. The van der Waals surface area contributed by atoms with E-state index in [1.165, 1.54) is 0 Å². The van der Waals surface area contributed by atoms with Gasteiger partial charge in [-0.05, 0) is 5.92 Å². The van der Waals surface area contributed by atoms with Crippen LogP contribution in [0.1, 0.15) is 13.8 Å². The molecule has 0 aromatic rings. The van der Waals surface area contributed by atoms with Gasteiger partial charge in [0.25, 0.3) is 10.1 Å². The summed E-state index contributed by atoms with van der Waals surface area (Å²) < 4.78 is 24.6. The van der Waals surface area contributed by atoms with Gasteiger partial charge in [0.2, 0.25) is 0 Å². The highest BCUT2D eigenvalue weighted by Gasteiger charge is 2.10. The second-order valence-electron chi connectivity index (χ2n) is 2.76. The van der Waals surface area contributed by atoms with Crippen molar-refractivity contribution in [1.29, 1.82) is 0 Å². The Labute approximate surface area is 89.6 Å². The molecule has 92 valence electrons. The molecule has 0 unspecified atom stereocenters. The van der Waals surface area contributed by atoms with E-state index in [9.17, 15) is 13.2 Å². The van der Waals surface area contributed by atoms with Crippen LogP contribution >= 0.6 is 0 Å². The zero-order chi connectivity index (χ0) is 11.8. The Bertz CT molecular complexity index is 273. The monoisotopic (exact) mass is 242 g/mol. The highest BCUT2D eigenvalue weighted by molar-refractivity contribution is 7.86. The first kappa shape index (κ1) is 19.6. The van der Waals surface area contributed by atoms with Crippen molar-refractivity contribution in [3.8, 4) is 0 Å². The third-order valence-electron chi connectivity index (χ3n) is 0.859. The van der Waals surface area contributed by atoms with E-state index in [4.69, 9.17) is 5.11 Å². The van der Waals surface area contributed by atoms with Gasteiger partial charge in [0.05, 0.1) is 5.75 Å². The fourth-order valence-corrected chi connectivity index (χ4v) is 1.34. The summed E-state index contributed by atoms with van der Waals surface area (Å²) in [7, 11) is -3.44. The van der Waals surface area contributed by atoms with Crippen LogP contribution in [0, 0.1) is 5.92 Å². The van der Waals surface area contributed by atoms with Crippen molar-refractivity contribution >= 4 is 16.1 Å². The maximum atomic E-state index is 10.5. The molecule has 0 aliphatic heterocycles. The van der Waals surface area contributed by atoms with Gasteiger partial charge in [0.1, 0.15) is 0 Å². The van der Waals surface area contributed by atoms with Crippen LogP contribution in [0.4, 0.5) is 0 Å². The molecule has 0 saturated heterocycles. The molecule has 0 amide bonds. The van der Waals surface area contributed by atoms with Crippen LogP contribution < -0.4 is 12.0 Å². The quantitative estimate of drug-likeness (QED) is 0.474. The highest BCUT2D eigenvalue weighted by atomic mass is 32.2. The van der Waals surface area contributed by atoms with E-state index in [-0.39, 0.29) is 17.8 Å². The topological polar surface area (TPSA) is 142 Å². The van der Waals surface area contributed by atoms with E-state index in [0.717, 1.165) is 6.08 Å². The molecule has 0 aliphatic carbocycles. The minimum atomic E-state index is -3.44. The summed E-state index contributed by atoms with van der Waals surface area (Å²) in [6.07, 6.45) is 0.833. The van der Waals surface area contributed by atoms with Gasteiger partial charge in [-0.1, -0.05) is 20.4 Å². The van der Waals surface area contributed by atoms with E-state index in [2.05, 4.69) is 16.8 Å². The van der Waals surface area contributed by atoms with Crippen molar-refractivity contribution in [2.24, 2.45) is 11.8 Å². The van der Waals surface area contributed by atoms with Crippen molar-refractivity contribution in [3.63, 3.8) is 0 Å². The van der Waals surface area contributed by atoms with Crippen molar-refractivity contribution in [2.75, 3.05) is 5.75 Å². The molecule has 7 nitrogen and oxygen atoms in total. The summed E-state index contributed by atoms with van der Waals surface area (Å²) in [5.41, 5.74) is 0. The number of hydrogen-bond donors (Lipinski definition) is 3. The lowest BCUT2D eigenvalue weighted by Crippen LogP contribution is -2.17. The smallest absolute Gasteiger partial charge is 0.327 e. The van der Waals surface area contributed by atoms with Crippen LogP contribution in [-0.4, -0.2) is 25.2 Å². The molecule has 0 bridgehead atoms. The van der Waals surface area contributed by atoms with Gasteiger partial charge in [0.15, 0.2) is 0 Å². The first-order chi connectivity index (χ1) is 6.25. The zero-order valence-corrected chi connectivity index (χ0v) is 9.66. The number of carbonyl (C=O) groups is 1. The van der Waals surface area contributed by atoms with Gasteiger partial charge in [-0.25, -0.2) is 4.79 Å². The Kier molecular flexibility index (Phi) is 12.5. The Hall–Kier alpha value is -0.960. The molecule has 0 spiro atoms. The lowest BCUT2D eigenvalue weighted by molar-refractivity contribution is -0.131. The average Bonchev–Trinajstić information content (AvgIpc) is 2.03. The number of carboxylic acids is 1. The van der Waals surface area contributed by atoms with E-state index in [1.54, 1.807) is 13.8 Å². The molecule has 8 heteroatoms. The largest absolute Gasteiger partial charge is 0.478 e. The Morgan fingerprint density at radius 3 is 2.00 bits per heavy atom. The Balaban J connectivity index is -0.000000208. The molecule has 0 aliphatic rings. The second kappa shape index (κ2) is 9.59. The molecule has 0 aromatic carbocycles. The normalized spacial score (nSPS) is 9.60. The van der Waals surface area contributed by atoms with Crippen LogP contribution in [0.5, 0.6) is 0 Å². The third-order valence-corrected chi connectivity index (χ3v) is 2.23. The summed E-state index contributed by atoms with van der Waals surface area (Å²) in [5, 5.41) is 7.60. The fourth-order valence-electron chi connectivity index (χ4n) is 0.448. The van der Waals surface area contributed by atoms with E-state index >= 15 is 0 Å². The molecule has 0 fully saturated rings. The second-order valence-corrected chi connectivity index (χ2v) is 4.40. The van der Waals surface area contributed by atoms with Crippen LogP contribution in [0.2, 0.25) is 0 Å². The lowest BCUT2D eigenvalue weighted by Gasteiger charge is -2.01. The predicted molar refractivity (Wildman–Crippen MR) is 56.8 cm³/mol. The molecule has 0 atom stereocenters. The minimum absolute atomic E-state index is 0. The van der Waals surface area contributed by atoms with E-state index < -0.39 is 16.1 Å². The van der Waals surface area contributed by atoms with Gasteiger partial charge in [-0.15, -0.1) is 0 Å². The van der Waals surface area contributed by atoms with Crippen molar-refractivity contribution < 1.29 is 22.6 Å². The molecule has 15 heavy (non-hydrogen) atoms. The first-order valence-corrected chi connectivity index (χ1v) is 5.29. The maximum absolute atomic E-state index is 10.5. The molecule has 0 aromatic heterocycles. The zero-order valence-electron chi connectivity index (χ0n) is 8.84. The Morgan fingerprint density at radius 1 is 1.60 bits per heavy atom. The van der Waals surface area contributed by atoms with Crippen LogP contribution in [-0.2, 0) is 19.2 Å². The summed E-state index contributed by atoms with van der Waals surface area (Å²) >= 11 is 0. The van der Waals surface area contributed by atoms with E-state index in [0.29, 0.717) is 0 Å². The molecule has 0 saturated carbocycles. The standard InChI is InChI=1S/C4H11NO3S.C3H4O2.H3N/c1-4(2)3-9(6,7)8-5;1-2-3(4)5;/h4H,3,5H2,1-2H3;2H,1H2,(H,4,5);1H3. The SMILES string of the molecule is C=CC(=O)O.CC(C)CS(=O)(=O)ON.N. The van der Waals surface area contributed by atoms with Crippen LogP contribution in [0.25, 0.3) is 0 Å². The summed E-state index contributed by atoms with van der Waals surface area (Å²) in [5.74, 6) is 3.52. The molecule has 0 rings (SSSR count). The predicted octanol–water partition coefficient (Wildman–Crippen LogP) is 0.282. The number of nitrogens with two attached hydrogens (primary N) is 1. The number of carboxylic acid groups (broad SMARTS) is 1. The average molecular weight is 242 g/mol. The number of hydrogen-bond acceptors (Lipinski definition) is 6. The lowest BCUT2D eigenvalue weighted by atomic mass is 10.3. The molecule has 0 radical (unpaired) electrons. The van der Waals surface area contributed by atoms with Crippen LogP contribution in [0.3, 0.4) is 0 Å². The molecule has 0 heterocycles. The maximum Gasteiger partial charge on any atom is 0.327 e. The van der Waals surface area contributed by atoms with Crippen molar-refractivity contribution in [1.82, 2.24) is 6.15 Å². The number of aliphatic carboxylic acids is 1. The Morgan fingerprint density at radius 2 is 1.93 bits per heavy atom. The van der Waals surface area contributed by atoms with Crippen LogP contribution in [0.15, 0.2) is 12.7 Å². The third kappa shape index (κ3) is 19.4. The molecular formula is C7H18N2O5S. The van der Waals surface area contributed by atoms with Gasteiger partial charge in [-0.2, -0.15) is 18.6 Å². The van der Waals surface area contributed by atoms with Crippen molar-refractivity contribution in [3.05, 3.63) is 12.7 Å². The summed E-state index contributed by atoms with van der Waals surface area (Å²) in [6.45, 7) is 6.51. The first-order valence-electron chi connectivity index (χ1n) is 3.71. The minimum Gasteiger partial charge on any atom is -0.478 e. The van der Waals surface area contributed by atoms with Gasteiger partial charge < -0.3 is 11.3 Å². The molecule has 6 N–H and O–H groups in total. The fraction of sp³-hybridized carbons (Fsp3) is 0.571. The van der Waals surface area contributed by atoms with Crippen molar-refractivity contribution in [2.45, 2.75) is 13.8 Å². The van der Waals surface area contributed by atoms with Gasteiger partial charge in [-0.3, -0.25) is 0 Å².